The van der Waals surface area contributed by atoms with E-state index in [1.807, 2.05) is 49.4 Å². The van der Waals surface area contributed by atoms with Crippen molar-refractivity contribution in [1.82, 2.24) is 14.8 Å². The fraction of sp³-hybridized carbons (Fsp3) is 0.222. The highest BCUT2D eigenvalue weighted by Gasteiger charge is 2.31. The molecule has 38 heavy (non-hydrogen) atoms. The normalized spacial score (nSPS) is 13.0. The van der Waals surface area contributed by atoms with Gasteiger partial charge in [0.05, 0.1) is 17.9 Å². The van der Waals surface area contributed by atoms with Crippen molar-refractivity contribution in [3.8, 4) is 17.2 Å². The molecule has 0 radical (unpaired) electrons. The molecule has 0 fully saturated rings. The molecule has 4 aromatic rings. The fourth-order valence-electron chi connectivity index (χ4n) is 3.63. The smallest absolute Gasteiger partial charge is 0.416 e. The van der Waals surface area contributed by atoms with Crippen molar-refractivity contribution in [3.05, 3.63) is 90.3 Å². The molecule has 0 aliphatic heterocycles. The van der Waals surface area contributed by atoms with Gasteiger partial charge in [-0.15, -0.1) is 10.2 Å². The number of rotatable bonds is 9. The van der Waals surface area contributed by atoms with E-state index in [-0.39, 0.29) is 5.69 Å². The highest BCUT2D eigenvalue weighted by Crippen LogP contribution is 2.34. The summed E-state index contributed by atoms with van der Waals surface area (Å²) in [6.45, 7) is 3.47. The summed E-state index contributed by atoms with van der Waals surface area (Å²) in [6.07, 6.45) is -5.05. The number of hydrogen-bond acceptors (Lipinski definition) is 6. The zero-order valence-electron chi connectivity index (χ0n) is 20.8. The Morgan fingerprint density at radius 2 is 1.63 bits per heavy atom. The van der Waals surface area contributed by atoms with Crippen LogP contribution in [-0.2, 0) is 11.0 Å². The number of aromatic nitrogens is 3. The third-order valence-electron chi connectivity index (χ3n) is 5.52. The number of carbonyl (C=O) groups is 1. The van der Waals surface area contributed by atoms with Crippen molar-refractivity contribution < 1.29 is 27.4 Å². The minimum Gasteiger partial charge on any atom is -0.493 e. The van der Waals surface area contributed by atoms with Gasteiger partial charge in [-0.25, -0.2) is 0 Å². The summed E-state index contributed by atoms with van der Waals surface area (Å²) in [4.78, 5) is 12.9. The molecule has 0 aliphatic carbocycles. The van der Waals surface area contributed by atoms with Gasteiger partial charge < -0.3 is 14.8 Å². The lowest BCUT2D eigenvalue weighted by atomic mass is 10.2. The average molecular weight is 543 g/mol. The van der Waals surface area contributed by atoms with Crippen LogP contribution >= 0.6 is 11.8 Å². The zero-order valence-corrected chi connectivity index (χ0v) is 21.6. The third-order valence-corrected chi connectivity index (χ3v) is 6.56. The van der Waals surface area contributed by atoms with Crippen LogP contribution in [0.15, 0.2) is 84.0 Å². The van der Waals surface area contributed by atoms with Crippen LogP contribution in [0.3, 0.4) is 0 Å². The monoisotopic (exact) mass is 542 g/mol. The van der Waals surface area contributed by atoms with Gasteiger partial charge in [0.2, 0.25) is 5.91 Å². The number of carbonyl (C=O) groups excluding carboxylic acids is 1. The molecule has 1 N–H and O–H groups in total. The van der Waals surface area contributed by atoms with E-state index in [0.29, 0.717) is 22.5 Å². The van der Waals surface area contributed by atoms with Crippen molar-refractivity contribution in [3.63, 3.8) is 0 Å². The first-order valence-corrected chi connectivity index (χ1v) is 12.5. The van der Waals surface area contributed by atoms with E-state index >= 15 is 0 Å². The maximum Gasteiger partial charge on any atom is 0.416 e. The maximum absolute atomic E-state index is 13.1. The van der Waals surface area contributed by atoms with Crippen LogP contribution < -0.4 is 14.8 Å². The maximum atomic E-state index is 13.1. The average Bonchev–Trinajstić information content (AvgIpc) is 3.32. The van der Waals surface area contributed by atoms with Gasteiger partial charge in [-0.05, 0) is 56.3 Å². The predicted molar refractivity (Wildman–Crippen MR) is 139 cm³/mol. The lowest BCUT2D eigenvalue weighted by Crippen LogP contribution is -2.23. The number of ether oxygens (including phenoxy) is 2. The van der Waals surface area contributed by atoms with Gasteiger partial charge in [0, 0.05) is 11.4 Å². The largest absolute Gasteiger partial charge is 0.493 e. The van der Waals surface area contributed by atoms with Crippen molar-refractivity contribution in [2.75, 3.05) is 12.4 Å². The molecule has 198 valence electrons. The lowest BCUT2D eigenvalue weighted by molar-refractivity contribution is -0.137. The molecule has 0 spiro atoms. The number of anilines is 1. The van der Waals surface area contributed by atoms with E-state index in [1.54, 1.807) is 30.7 Å². The van der Waals surface area contributed by atoms with E-state index in [4.69, 9.17) is 9.47 Å². The number of methoxy groups -OCH3 is 1. The lowest BCUT2D eigenvalue weighted by Gasteiger charge is -2.18. The Labute approximate surface area is 222 Å². The molecular weight excluding hydrogens is 517 g/mol. The van der Waals surface area contributed by atoms with Gasteiger partial charge in [0.1, 0.15) is 0 Å². The number of thioether (sulfide) groups is 1. The molecule has 2 atom stereocenters. The number of benzene rings is 3. The topological polar surface area (TPSA) is 78.3 Å². The van der Waals surface area contributed by atoms with Crippen molar-refractivity contribution in [2.45, 2.75) is 36.5 Å². The van der Waals surface area contributed by atoms with Gasteiger partial charge in [0.25, 0.3) is 0 Å². The summed E-state index contributed by atoms with van der Waals surface area (Å²) in [7, 11) is 1.56. The Kier molecular flexibility index (Phi) is 8.26. The van der Waals surface area contributed by atoms with E-state index in [1.165, 1.54) is 12.1 Å². The molecule has 1 heterocycles. The molecule has 2 unspecified atom stereocenters. The van der Waals surface area contributed by atoms with Crippen LogP contribution in [0, 0.1) is 0 Å². The number of nitrogens with one attached hydrogen (secondary N) is 1. The zero-order chi connectivity index (χ0) is 27.3. The van der Waals surface area contributed by atoms with Crippen LogP contribution in [0.2, 0.25) is 0 Å². The summed E-state index contributed by atoms with van der Waals surface area (Å²) >= 11 is 1.13. The molecule has 1 amide bonds. The minimum absolute atomic E-state index is 0.0568. The highest BCUT2D eigenvalue weighted by molar-refractivity contribution is 8.00. The minimum atomic E-state index is -4.51. The quantitative estimate of drug-likeness (QED) is 0.242. The highest BCUT2D eigenvalue weighted by atomic mass is 32.2. The third kappa shape index (κ3) is 6.28. The molecular formula is C27H25F3N4O3S. The fourth-order valence-corrected chi connectivity index (χ4v) is 4.50. The Morgan fingerprint density at radius 1 is 0.947 bits per heavy atom. The van der Waals surface area contributed by atoms with Gasteiger partial charge in [-0.3, -0.25) is 9.36 Å². The summed E-state index contributed by atoms with van der Waals surface area (Å²) in [5, 5.41) is 10.9. The Balaban J connectivity index is 1.58. The van der Waals surface area contributed by atoms with Gasteiger partial charge in [-0.2, -0.15) is 13.2 Å². The van der Waals surface area contributed by atoms with Crippen LogP contribution in [0.5, 0.6) is 11.5 Å². The van der Waals surface area contributed by atoms with E-state index in [9.17, 15) is 18.0 Å². The molecule has 4 rings (SSSR count). The predicted octanol–water partition coefficient (Wildman–Crippen LogP) is 6.55. The van der Waals surface area contributed by atoms with Crippen LogP contribution in [-0.4, -0.2) is 33.0 Å². The van der Waals surface area contributed by atoms with E-state index in [2.05, 4.69) is 15.5 Å². The second kappa shape index (κ2) is 11.6. The Bertz CT molecular complexity index is 1400. The van der Waals surface area contributed by atoms with Crippen molar-refractivity contribution in [1.29, 1.82) is 0 Å². The molecule has 3 aromatic carbocycles. The first kappa shape index (κ1) is 27.1. The van der Waals surface area contributed by atoms with Crippen LogP contribution in [0.25, 0.3) is 5.69 Å². The van der Waals surface area contributed by atoms with Gasteiger partial charge in [-0.1, -0.05) is 48.2 Å². The van der Waals surface area contributed by atoms with E-state index in [0.717, 1.165) is 29.6 Å². The number of amides is 1. The molecule has 0 saturated carbocycles. The number of alkyl halides is 3. The summed E-state index contributed by atoms with van der Waals surface area (Å²) < 4.78 is 52.5. The molecule has 0 aliphatic rings. The Hall–Kier alpha value is -3.99. The molecule has 0 saturated heterocycles. The summed E-state index contributed by atoms with van der Waals surface area (Å²) in [5.74, 6) is 1.12. The molecule has 11 heteroatoms. The summed E-state index contributed by atoms with van der Waals surface area (Å²) in [6, 6.07) is 21.1. The standard InChI is InChI=1S/C27H25F3N4O3S/c1-17(37-23-15-8-7-14-22(23)36-3)24-32-33-26(34(24)21-12-5-4-6-13-21)38-18(2)25(35)31-20-11-9-10-19(16-20)27(28,29)30/h4-18H,1-3H3,(H,31,35). The number of hydrogen-bond donors (Lipinski definition) is 1. The molecule has 1 aromatic heterocycles. The summed E-state index contributed by atoms with van der Waals surface area (Å²) in [5.41, 5.74) is -0.0228. The number of para-hydroxylation sites is 3. The number of nitrogens with zero attached hydrogens (tertiary/aromatic N) is 3. The first-order valence-electron chi connectivity index (χ1n) is 11.6. The SMILES string of the molecule is COc1ccccc1OC(C)c1nnc(SC(C)C(=O)Nc2cccc(C(F)(F)F)c2)n1-c1ccccc1. The second-order valence-corrected chi connectivity index (χ2v) is 9.56. The Morgan fingerprint density at radius 3 is 2.32 bits per heavy atom. The second-order valence-electron chi connectivity index (χ2n) is 8.25. The van der Waals surface area contributed by atoms with Crippen LogP contribution in [0.1, 0.15) is 31.3 Å². The van der Waals surface area contributed by atoms with Gasteiger partial charge >= 0.3 is 6.18 Å². The first-order chi connectivity index (χ1) is 18.2. The molecule has 7 nitrogen and oxygen atoms in total. The van der Waals surface area contributed by atoms with Crippen molar-refractivity contribution >= 4 is 23.4 Å². The van der Waals surface area contributed by atoms with Crippen molar-refractivity contribution in [2.24, 2.45) is 0 Å². The molecule has 0 bridgehead atoms. The van der Waals surface area contributed by atoms with Gasteiger partial charge in [0.15, 0.2) is 28.6 Å². The van der Waals surface area contributed by atoms with Crippen LogP contribution in [0.4, 0.5) is 18.9 Å². The van der Waals surface area contributed by atoms with E-state index < -0.39 is 29.0 Å². The number of halogens is 3.